The maximum Gasteiger partial charge on any atom is 0.165 e. The Labute approximate surface area is 95.5 Å². The number of ketones is 1. The summed E-state index contributed by atoms with van der Waals surface area (Å²) in [6, 6.07) is 7.79. The van der Waals surface area contributed by atoms with Crippen molar-refractivity contribution >= 4 is 18.2 Å². The Bertz CT molecular complexity index is 408. The molecule has 0 spiro atoms. The zero-order chi connectivity index (χ0) is 9.97. The highest BCUT2D eigenvalue weighted by molar-refractivity contribution is 6.01. The van der Waals surface area contributed by atoms with E-state index in [1.54, 1.807) is 0 Å². The van der Waals surface area contributed by atoms with Crippen LogP contribution in [0.5, 0.6) is 0 Å². The van der Waals surface area contributed by atoms with Gasteiger partial charge in [0.2, 0.25) is 0 Å². The first-order valence-corrected chi connectivity index (χ1v) is 4.62. The molecule has 0 fully saturated rings. The van der Waals surface area contributed by atoms with Gasteiger partial charge in [-0.2, -0.15) is 0 Å². The van der Waals surface area contributed by atoms with Gasteiger partial charge in [-0.3, -0.25) is 10.1 Å². The third-order valence-electron chi connectivity index (χ3n) is 2.48. The SMILES string of the molecule is C#CCN[C@@H]1CC(=O)c2ccccc21.Cl. The number of halogens is 1. The van der Waals surface area contributed by atoms with Gasteiger partial charge in [-0.25, -0.2) is 0 Å². The largest absolute Gasteiger partial charge is 0.299 e. The molecule has 1 aliphatic rings. The average Bonchev–Trinajstić information content (AvgIpc) is 2.54. The van der Waals surface area contributed by atoms with E-state index in [9.17, 15) is 4.79 Å². The highest BCUT2D eigenvalue weighted by Crippen LogP contribution is 2.30. The topological polar surface area (TPSA) is 29.1 Å². The fraction of sp³-hybridized carbons (Fsp3) is 0.250. The van der Waals surface area contributed by atoms with Crippen molar-refractivity contribution in [2.24, 2.45) is 0 Å². The van der Waals surface area contributed by atoms with Crippen LogP contribution >= 0.6 is 12.4 Å². The molecule has 1 aromatic carbocycles. The fourth-order valence-electron chi connectivity index (χ4n) is 1.82. The molecule has 0 radical (unpaired) electrons. The van der Waals surface area contributed by atoms with E-state index in [-0.39, 0.29) is 24.2 Å². The molecule has 0 bridgehead atoms. The third kappa shape index (κ3) is 2.20. The molecule has 78 valence electrons. The maximum atomic E-state index is 11.5. The van der Waals surface area contributed by atoms with Crippen molar-refractivity contribution in [2.75, 3.05) is 6.54 Å². The van der Waals surface area contributed by atoms with Crippen molar-refractivity contribution in [3.63, 3.8) is 0 Å². The molecule has 1 N–H and O–H groups in total. The molecule has 1 atom stereocenters. The standard InChI is InChI=1S/C12H11NO.ClH/c1-2-7-13-11-8-12(14)10-6-4-3-5-9(10)11;/h1,3-6,11,13H,7-8H2;1H/t11-;/m1./s1. The number of fused-ring (bicyclic) bond motifs is 1. The minimum atomic E-state index is 0. The zero-order valence-electron chi connectivity index (χ0n) is 8.19. The summed E-state index contributed by atoms with van der Waals surface area (Å²) in [5.74, 6) is 2.72. The molecule has 0 aliphatic heterocycles. The lowest BCUT2D eigenvalue weighted by Crippen LogP contribution is -2.19. The Morgan fingerprint density at radius 1 is 1.47 bits per heavy atom. The highest BCUT2D eigenvalue weighted by Gasteiger charge is 2.27. The first-order valence-electron chi connectivity index (χ1n) is 4.62. The van der Waals surface area contributed by atoms with Gasteiger partial charge in [-0.05, 0) is 5.56 Å². The second-order valence-corrected chi connectivity index (χ2v) is 3.35. The summed E-state index contributed by atoms with van der Waals surface area (Å²) in [4.78, 5) is 11.5. The molecule has 3 heteroatoms. The number of hydrogen-bond donors (Lipinski definition) is 1. The second-order valence-electron chi connectivity index (χ2n) is 3.35. The lowest BCUT2D eigenvalue weighted by Gasteiger charge is -2.09. The van der Waals surface area contributed by atoms with E-state index in [1.807, 2.05) is 24.3 Å². The monoisotopic (exact) mass is 221 g/mol. The Morgan fingerprint density at radius 2 is 2.20 bits per heavy atom. The minimum absolute atomic E-state index is 0. The van der Waals surface area contributed by atoms with Gasteiger partial charge in [0.25, 0.3) is 0 Å². The van der Waals surface area contributed by atoms with Crippen molar-refractivity contribution in [3.05, 3.63) is 35.4 Å². The van der Waals surface area contributed by atoms with Gasteiger partial charge in [0.15, 0.2) is 5.78 Å². The molecule has 0 heterocycles. The van der Waals surface area contributed by atoms with Gasteiger partial charge in [-0.15, -0.1) is 18.8 Å². The molecule has 0 saturated carbocycles. The normalized spacial score (nSPS) is 17.8. The molecule has 1 aliphatic carbocycles. The average molecular weight is 222 g/mol. The maximum absolute atomic E-state index is 11.5. The first-order chi connectivity index (χ1) is 6.83. The number of benzene rings is 1. The van der Waals surface area contributed by atoms with Crippen LogP contribution in [-0.2, 0) is 0 Å². The molecule has 0 aromatic heterocycles. The van der Waals surface area contributed by atoms with Crippen LogP contribution in [0.3, 0.4) is 0 Å². The van der Waals surface area contributed by atoms with Crippen LogP contribution in [0.1, 0.15) is 28.4 Å². The predicted octanol–water partition coefficient (Wildman–Crippen LogP) is 1.96. The van der Waals surface area contributed by atoms with Crippen LogP contribution in [0, 0.1) is 12.3 Å². The molecule has 2 nitrogen and oxygen atoms in total. The third-order valence-corrected chi connectivity index (χ3v) is 2.48. The van der Waals surface area contributed by atoms with Crippen LogP contribution in [0.25, 0.3) is 0 Å². The number of Topliss-reactive ketones (excluding diaryl/α,β-unsaturated/α-hetero) is 1. The van der Waals surface area contributed by atoms with Crippen molar-refractivity contribution < 1.29 is 4.79 Å². The number of hydrogen-bond acceptors (Lipinski definition) is 2. The zero-order valence-corrected chi connectivity index (χ0v) is 9.01. The number of nitrogens with one attached hydrogen (secondary N) is 1. The summed E-state index contributed by atoms with van der Waals surface area (Å²) >= 11 is 0. The van der Waals surface area contributed by atoms with Crippen LogP contribution in [-0.4, -0.2) is 12.3 Å². The molecule has 1 aromatic rings. The summed E-state index contributed by atoms with van der Waals surface area (Å²) in [6.45, 7) is 0.506. The number of terminal acetylenes is 1. The van der Waals surface area contributed by atoms with Gasteiger partial charge in [0.1, 0.15) is 0 Å². The van der Waals surface area contributed by atoms with Gasteiger partial charge in [0, 0.05) is 18.0 Å². The summed E-state index contributed by atoms with van der Waals surface area (Å²) in [5, 5.41) is 3.16. The molecule has 2 rings (SSSR count). The van der Waals surface area contributed by atoms with Crippen LogP contribution in [0.4, 0.5) is 0 Å². The van der Waals surface area contributed by atoms with E-state index < -0.39 is 0 Å². The van der Waals surface area contributed by atoms with Crippen molar-refractivity contribution in [1.82, 2.24) is 5.32 Å². The summed E-state index contributed by atoms with van der Waals surface area (Å²) in [5.41, 5.74) is 1.91. The molecule has 0 saturated heterocycles. The lowest BCUT2D eigenvalue weighted by molar-refractivity contribution is 0.0986. The molecule has 0 amide bonds. The lowest BCUT2D eigenvalue weighted by atomic mass is 10.1. The fourth-order valence-corrected chi connectivity index (χ4v) is 1.82. The van der Waals surface area contributed by atoms with Crippen molar-refractivity contribution in [1.29, 1.82) is 0 Å². The highest BCUT2D eigenvalue weighted by atomic mass is 35.5. The first kappa shape index (κ1) is 11.8. The van der Waals surface area contributed by atoms with E-state index in [0.29, 0.717) is 13.0 Å². The molecular weight excluding hydrogens is 210 g/mol. The second kappa shape index (κ2) is 4.97. The Kier molecular flexibility index (Phi) is 3.90. The Morgan fingerprint density at radius 3 is 2.93 bits per heavy atom. The van der Waals surface area contributed by atoms with E-state index >= 15 is 0 Å². The number of rotatable bonds is 2. The van der Waals surface area contributed by atoms with E-state index in [0.717, 1.165) is 11.1 Å². The summed E-state index contributed by atoms with van der Waals surface area (Å²) in [7, 11) is 0. The van der Waals surface area contributed by atoms with Gasteiger partial charge < -0.3 is 0 Å². The van der Waals surface area contributed by atoms with Gasteiger partial charge >= 0.3 is 0 Å². The smallest absolute Gasteiger partial charge is 0.165 e. The van der Waals surface area contributed by atoms with Crippen molar-refractivity contribution in [3.8, 4) is 12.3 Å². The number of carbonyl (C=O) groups excluding carboxylic acids is 1. The Balaban J connectivity index is 0.00000112. The minimum Gasteiger partial charge on any atom is -0.299 e. The van der Waals surface area contributed by atoms with Crippen LogP contribution in [0.2, 0.25) is 0 Å². The summed E-state index contributed by atoms with van der Waals surface area (Å²) in [6.07, 6.45) is 5.69. The Hall–Kier alpha value is -1.30. The van der Waals surface area contributed by atoms with Crippen LogP contribution in [0.15, 0.2) is 24.3 Å². The number of carbonyl (C=O) groups is 1. The molecule has 15 heavy (non-hydrogen) atoms. The quantitative estimate of drug-likeness (QED) is 0.774. The predicted molar refractivity (Wildman–Crippen MR) is 62.2 cm³/mol. The molecule has 0 unspecified atom stereocenters. The van der Waals surface area contributed by atoms with E-state index in [2.05, 4.69) is 11.2 Å². The van der Waals surface area contributed by atoms with Crippen LogP contribution < -0.4 is 5.32 Å². The summed E-state index contributed by atoms with van der Waals surface area (Å²) < 4.78 is 0. The van der Waals surface area contributed by atoms with E-state index in [4.69, 9.17) is 6.42 Å². The van der Waals surface area contributed by atoms with Crippen molar-refractivity contribution in [2.45, 2.75) is 12.5 Å². The van der Waals surface area contributed by atoms with Gasteiger partial charge in [0.05, 0.1) is 6.54 Å². The van der Waals surface area contributed by atoms with E-state index in [1.165, 1.54) is 0 Å². The molecular formula is C12H12ClNO. The van der Waals surface area contributed by atoms with Gasteiger partial charge in [-0.1, -0.05) is 30.2 Å².